The number of anilines is 1. The highest BCUT2D eigenvalue weighted by Gasteiger charge is 2.05. The van der Waals surface area contributed by atoms with Gasteiger partial charge in [-0.3, -0.25) is 0 Å². The molecule has 1 atom stereocenters. The molecule has 1 unspecified atom stereocenters. The summed E-state index contributed by atoms with van der Waals surface area (Å²) < 4.78 is 0. The number of nitrogens with two attached hydrogens (primary N) is 1. The average Bonchev–Trinajstić information content (AvgIpc) is 2.01. The number of pyridine rings is 1. The Morgan fingerprint density at radius 1 is 1.58 bits per heavy atom. The van der Waals surface area contributed by atoms with Gasteiger partial charge in [0.25, 0.3) is 0 Å². The third-order valence-electron chi connectivity index (χ3n) is 1.95. The first-order valence-electron chi connectivity index (χ1n) is 4.06. The van der Waals surface area contributed by atoms with Crippen LogP contribution >= 0.6 is 11.6 Å². The van der Waals surface area contributed by atoms with E-state index in [0.717, 1.165) is 12.1 Å². The topological polar surface area (TPSA) is 38.9 Å². The third-order valence-corrected chi connectivity index (χ3v) is 2.17. The summed E-state index contributed by atoms with van der Waals surface area (Å²) in [6.45, 7) is 4.22. The minimum atomic E-state index is 0.422. The van der Waals surface area contributed by atoms with Crippen LogP contribution in [0.4, 0.5) is 5.82 Å². The average molecular weight is 185 g/mol. The molecule has 1 rings (SSSR count). The standard InChI is InChI=1S/C9H13ClN2/c1-3-6(2)8-4-7(10)5-9(11)12-8/h4-6H,3H2,1-2H3,(H2,11,12). The molecule has 0 aliphatic carbocycles. The second-order valence-corrected chi connectivity index (χ2v) is 3.38. The minimum Gasteiger partial charge on any atom is -0.384 e. The maximum absolute atomic E-state index is 5.83. The summed E-state index contributed by atoms with van der Waals surface area (Å²) >= 11 is 5.83. The van der Waals surface area contributed by atoms with Crippen LogP contribution in [0.25, 0.3) is 0 Å². The highest BCUT2D eigenvalue weighted by Crippen LogP contribution is 2.21. The molecule has 0 radical (unpaired) electrons. The van der Waals surface area contributed by atoms with Crippen molar-refractivity contribution in [1.29, 1.82) is 0 Å². The van der Waals surface area contributed by atoms with E-state index in [9.17, 15) is 0 Å². The lowest BCUT2D eigenvalue weighted by atomic mass is 10.0. The molecule has 0 fully saturated rings. The van der Waals surface area contributed by atoms with Gasteiger partial charge in [0.15, 0.2) is 0 Å². The lowest BCUT2D eigenvalue weighted by Crippen LogP contribution is -1.99. The molecule has 0 aromatic carbocycles. The van der Waals surface area contributed by atoms with E-state index in [4.69, 9.17) is 17.3 Å². The van der Waals surface area contributed by atoms with Gasteiger partial charge in [-0.1, -0.05) is 25.4 Å². The summed E-state index contributed by atoms with van der Waals surface area (Å²) in [7, 11) is 0. The van der Waals surface area contributed by atoms with Gasteiger partial charge in [0.2, 0.25) is 0 Å². The van der Waals surface area contributed by atoms with Gasteiger partial charge in [0, 0.05) is 10.7 Å². The van der Waals surface area contributed by atoms with Crippen LogP contribution in [0.2, 0.25) is 5.02 Å². The molecule has 3 heteroatoms. The largest absolute Gasteiger partial charge is 0.384 e. The summed E-state index contributed by atoms with van der Waals surface area (Å²) in [5, 5.41) is 0.665. The maximum Gasteiger partial charge on any atom is 0.125 e. The predicted molar refractivity (Wildman–Crippen MR) is 52.4 cm³/mol. The van der Waals surface area contributed by atoms with Gasteiger partial charge in [-0.25, -0.2) is 4.98 Å². The molecule has 2 nitrogen and oxygen atoms in total. The number of hydrogen-bond acceptors (Lipinski definition) is 2. The van der Waals surface area contributed by atoms with Crippen molar-refractivity contribution in [3.05, 3.63) is 22.8 Å². The Hall–Kier alpha value is -0.760. The summed E-state index contributed by atoms with van der Waals surface area (Å²) in [6, 6.07) is 3.53. The first kappa shape index (κ1) is 9.33. The van der Waals surface area contributed by atoms with Crippen LogP contribution in [0.3, 0.4) is 0 Å². The molecule has 2 N–H and O–H groups in total. The monoisotopic (exact) mass is 184 g/mol. The van der Waals surface area contributed by atoms with Gasteiger partial charge in [-0.05, 0) is 24.5 Å². The van der Waals surface area contributed by atoms with E-state index in [-0.39, 0.29) is 0 Å². The van der Waals surface area contributed by atoms with Crippen LogP contribution in [-0.2, 0) is 0 Å². The Bertz CT molecular complexity index is 253. The molecule has 0 aliphatic rings. The second-order valence-electron chi connectivity index (χ2n) is 2.94. The van der Waals surface area contributed by atoms with E-state index < -0.39 is 0 Å². The normalized spacial score (nSPS) is 12.9. The number of halogens is 1. The molecule has 0 aliphatic heterocycles. The van der Waals surface area contributed by atoms with Crippen LogP contribution in [0.15, 0.2) is 12.1 Å². The summed E-state index contributed by atoms with van der Waals surface area (Å²) in [6.07, 6.45) is 1.05. The fraction of sp³-hybridized carbons (Fsp3) is 0.444. The molecule has 0 amide bonds. The van der Waals surface area contributed by atoms with Crippen molar-refractivity contribution in [3.8, 4) is 0 Å². The Morgan fingerprint density at radius 3 is 2.75 bits per heavy atom. The molecule has 0 saturated heterocycles. The van der Waals surface area contributed by atoms with Gasteiger partial charge in [0.1, 0.15) is 5.82 Å². The van der Waals surface area contributed by atoms with Crippen LogP contribution < -0.4 is 5.73 Å². The Labute approximate surface area is 77.8 Å². The SMILES string of the molecule is CCC(C)c1cc(Cl)cc(N)n1. The number of rotatable bonds is 2. The molecular formula is C9H13ClN2. The van der Waals surface area contributed by atoms with E-state index in [1.807, 2.05) is 6.07 Å². The van der Waals surface area contributed by atoms with Crippen molar-refractivity contribution in [3.63, 3.8) is 0 Å². The third kappa shape index (κ3) is 2.11. The Morgan fingerprint density at radius 2 is 2.25 bits per heavy atom. The number of nitrogen functional groups attached to an aromatic ring is 1. The van der Waals surface area contributed by atoms with Crippen LogP contribution in [0.5, 0.6) is 0 Å². The molecular weight excluding hydrogens is 172 g/mol. The van der Waals surface area contributed by atoms with Crippen molar-refractivity contribution in [2.24, 2.45) is 0 Å². The molecule has 0 saturated carbocycles. The summed E-state index contributed by atoms with van der Waals surface area (Å²) in [5.74, 6) is 0.920. The van der Waals surface area contributed by atoms with Crippen molar-refractivity contribution in [1.82, 2.24) is 4.98 Å². The van der Waals surface area contributed by atoms with Crippen LogP contribution in [0, 0.1) is 0 Å². The van der Waals surface area contributed by atoms with E-state index in [0.29, 0.717) is 16.8 Å². The van der Waals surface area contributed by atoms with Crippen molar-refractivity contribution in [2.45, 2.75) is 26.2 Å². The zero-order valence-electron chi connectivity index (χ0n) is 7.34. The van der Waals surface area contributed by atoms with Gasteiger partial charge in [-0.15, -0.1) is 0 Å². The quantitative estimate of drug-likeness (QED) is 0.768. The van der Waals surface area contributed by atoms with Gasteiger partial charge in [0.05, 0.1) is 0 Å². The van der Waals surface area contributed by atoms with Crippen molar-refractivity contribution >= 4 is 17.4 Å². The van der Waals surface area contributed by atoms with Gasteiger partial charge < -0.3 is 5.73 Å². The van der Waals surface area contributed by atoms with Crippen LogP contribution in [-0.4, -0.2) is 4.98 Å². The number of aromatic nitrogens is 1. The van der Waals surface area contributed by atoms with Crippen molar-refractivity contribution in [2.75, 3.05) is 5.73 Å². The second kappa shape index (κ2) is 3.76. The molecule has 66 valence electrons. The number of hydrogen-bond donors (Lipinski definition) is 1. The predicted octanol–water partition coefficient (Wildman–Crippen LogP) is 2.83. The van der Waals surface area contributed by atoms with Crippen LogP contribution in [0.1, 0.15) is 31.9 Å². The maximum atomic E-state index is 5.83. The lowest BCUT2D eigenvalue weighted by molar-refractivity contribution is 0.709. The minimum absolute atomic E-state index is 0.422. The molecule has 1 aromatic rings. The van der Waals surface area contributed by atoms with Crippen molar-refractivity contribution < 1.29 is 0 Å². The summed E-state index contributed by atoms with van der Waals surface area (Å²) in [4.78, 5) is 4.20. The highest BCUT2D eigenvalue weighted by atomic mass is 35.5. The molecule has 1 aromatic heterocycles. The Balaban J connectivity index is 3.00. The zero-order chi connectivity index (χ0) is 9.14. The van der Waals surface area contributed by atoms with Gasteiger partial charge >= 0.3 is 0 Å². The van der Waals surface area contributed by atoms with E-state index in [2.05, 4.69) is 18.8 Å². The Kier molecular flexibility index (Phi) is 2.93. The fourth-order valence-corrected chi connectivity index (χ4v) is 1.22. The first-order chi connectivity index (χ1) is 5.63. The van der Waals surface area contributed by atoms with E-state index in [1.54, 1.807) is 6.07 Å². The molecule has 12 heavy (non-hydrogen) atoms. The fourth-order valence-electron chi connectivity index (χ4n) is 0.999. The molecule has 1 heterocycles. The molecule has 0 bridgehead atoms. The lowest BCUT2D eigenvalue weighted by Gasteiger charge is -2.08. The highest BCUT2D eigenvalue weighted by molar-refractivity contribution is 6.30. The molecule has 0 spiro atoms. The van der Waals surface area contributed by atoms with E-state index >= 15 is 0 Å². The van der Waals surface area contributed by atoms with E-state index in [1.165, 1.54) is 0 Å². The smallest absolute Gasteiger partial charge is 0.125 e. The number of nitrogens with zero attached hydrogens (tertiary/aromatic N) is 1. The summed E-state index contributed by atoms with van der Waals surface area (Å²) in [5.41, 5.74) is 6.53. The van der Waals surface area contributed by atoms with Gasteiger partial charge in [-0.2, -0.15) is 0 Å². The first-order valence-corrected chi connectivity index (χ1v) is 4.44. The zero-order valence-corrected chi connectivity index (χ0v) is 8.10.